The number of rotatable bonds is 4. The molecule has 0 radical (unpaired) electrons. The molecule has 3 aromatic rings. The van der Waals surface area contributed by atoms with Crippen LogP contribution in [-0.4, -0.2) is 20.7 Å². The smallest absolute Gasteiger partial charge is 0.322 e. The molecule has 140 valence electrons. The molecule has 1 N–H and O–H groups in total. The maximum Gasteiger partial charge on any atom is 0.434 e. The minimum atomic E-state index is -4.78. The summed E-state index contributed by atoms with van der Waals surface area (Å²) in [5.41, 5.74) is -0.270. The molecule has 2 aromatic heterocycles. The highest BCUT2D eigenvalue weighted by Crippen LogP contribution is 2.33. The molecule has 0 bridgehead atoms. The average Bonchev–Trinajstić information content (AvgIpc) is 3.08. The molecule has 0 aliphatic carbocycles. The van der Waals surface area contributed by atoms with Crippen molar-refractivity contribution < 1.29 is 18.0 Å². The molecule has 1 amide bonds. The van der Waals surface area contributed by atoms with Crippen LogP contribution in [0, 0.1) is 0 Å². The van der Waals surface area contributed by atoms with Gasteiger partial charge < -0.3 is 5.32 Å². The van der Waals surface area contributed by atoms with Crippen LogP contribution in [-0.2, 0) is 6.18 Å². The summed E-state index contributed by atoms with van der Waals surface area (Å²) >= 11 is 0. The molecular formula is C19H17F3N4O. The maximum atomic E-state index is 13.6. The van der Waals surface area contributed by atoms with Crippen LogP contribution in [0.4, 0.5) is 18.9 Å². The molecule has 5 nitrogen and oxygen atoms in total. The van der Waals surface area contributed by atoms with Crippen LogP contribution < -0.4 is 5.32 Å². The van der Waals surface area contributed by atoms with Gasteiger partial charge >= 0.3 is 6.18 Å². The second-order valence-electron chi connectivity index (χ2n) is 6.24. The number of anilines is 1. The first kappa shape index (κ1) is 18.6. The van der Waals surface area contributed by atoms with Crippen LogP contribution in [0.1, 0.15) is 41.4 Å². The third-order valence-electron chi connectivity index (χ3n) is 3.98. The highest BCUT2D eigenvalue weighted by molar-refractivity contribution is 6.05. The summed E-state index contributed by atoms with van der Waals surface area (Å²) in [6.07, 6.45) is -2.52. The Morgan fingerprint density at radius 3 is 2.37 bits per heavy atom. The number of aromatic nitrogens is 3. The van der Waals surface area contributed by atoms with Crippen molar-refractivity contribution >= 4 is 11.6 Å². The van der Waals surface area contributed by atoms with Gasteiger partial charge in [0.25, 0.3) is 5.91 Å². The summed E-state index contributed by atoms with van der Waals surface area (Å²) in [5.74, 6) is -0.602. The van der Waals surface area contributed by atoms with Crippen molar-refractivity contribution in [3.8, 4) is 5.82 Å². The Kier molecular flexibility index (Phi) is 4.98. The summed E-state index contributed by atoms with van der Waals surface area (Å²) in [4.78, 5) is 16.3. The number of halogens is 3. The van der Waals surface area contributed by atoms with Crippen LogP contribution in [0.25, 0.3) is 5.82 Å². The lowest BCUT2D eigenvalue weighted by Gasteiger charge is -2.12. The minimum absolute atomic E-state index is 0.0230. The third-order valence-corrected chi connectivity index (χ3v) is 3.98. The standard InChI is InChI=1S/C19H17F3N4O/c1-12(2)13-6-8-14(9-7-13)25-18(27)15-11-24-26(17(15)19(20,21)22)16-5-3-4-10-23-16/h3-12H,1-2H3,(H,25,27). The fraction of sp³-hybridized carbons (Fsp3) is 0.211. The van der Waals surface area contributed by atoms with E-state index in [1.165, 1.54) is 12.3 Å². The van der Waals surface area contributed by atoms with Gasteiger partial charge in [-0.05, 0) is 35.7 Å². The highest BCUT2D eigenvalue weighted by atomic mass is 19.4. The van der Waals surface area contributed by atoms with Crippen molar-refractivity contribution in [1.82, 2.24) is 14.8 Å². The molecule has 1 aromatic carbocycles. The average molecular weight is 374 g/mol. The Morgan fingerprint density at radius 2 is 1.81 bits per heavy atom. The van der Waals surface area contributed by atoms with Crippen LogP contribution >= 0.6 is 0 Å². The second-order valence-corrected chi connectivity index (χ2v) is 6.24. The number of amides is 1. The molecule has 0 aliphatic heterocycles. The number of pyridine rings is 1. The zero-order chi connectivity index (χ0) is 19.6. The second kappa shape index (κ2) is 7.22. The number of carbonyl (C=O) groups excluding carboxylic acids is 1. The number of alkyl halides is 3. The van der Waals surface area contributed by atoms with E-state index in [0.717, 1.165) is 11.8 Å². The molecule has 0 saturated carbocycles. The number of nitrogens with one attached hydrogen (secondary N) is 1. The number of benzene rings is 1. The quantitative estimate of drug-likeness (QED) is 0.722. The van der Waals surface area contributed by atoms with E-state index in [-0.39, 0.29) is 5.82 Å². The Balaban J connectivity index is 1.94. The first-order valence-electron chi connectivity index (χ1n) is 8.25. The van der Waals surface area contributed by atoms with E-state index >= 15 is 0 Å². The van der Waals surface area contributed by atoms with Gasteiger partial charge in [-0.15, -0.1) is 0 Å². The number of carbonyl (C=O) groups is 1. The topological polar surface area (TPSA) is 59.8 Å². The van der Waals surface area contributed by atoms with Gasteiger partial charge in [-0.2, -0.15) is 18.3 Å². The largest absolute Gasteiger partial charge is 0.434 e. The lowest BCUT2D eigenvalue weighted by molar-refractivity contribution is -0.143. The van der Waals surface area contributed by atoms with Gasteiger partial charge in [0.1, 0.15) is 0 Å². The maximum absolute atomic E-state index is 13.6. The SMILES string of the molecule is CC(C)c1ccc(NC(=O)c2cnn(-c3ccccn3)c2C(F)(F)F)cc1. The minimum Gasteiger partial charge on any atom is -0.322 e. The molecule has 0 unspecified atom stereocenters. The lowest BCUT2D eigenvalue weighted by Crippen LogP contribution is -2.21. The van der Waals surface area contributed by atoms with Gasteiger partial charge in [0.2, 0.25) is 0 Å². The number of hydrogen-bond acceptors (Lipinski definition) is 3. The van der Waals surface area contributed by atoms with Gasteiger partial charge in [0.05, 0.1) is 11.8 Å². The molecular weight excluding hydrogens is 357 g/mol. The van der Waals surface area contributed by atoms with E-state index in [0.29, 0.717) is 16.3 Å². The molecule has 8 heteroatoms. The van der Waals surface area contributed by atoms with Crippen LogP contribution in [0.15, 0.2) is 54.9 Å². The summed E-state index contributed by atoms with van der Waals surface area (Å²) in [6, 6.07) is 11.5. The van der Waals surface area contributed by atoms with E-state index in [9.17, 15) is 18.0 Å². The van der Waals surface area contributed by atoms with Gasteiger partial charge in [0, 0.05) is 11.9 Å². The van der Waals surface area contributed by atoms with Crippen molar-refractivity contribution in [2.75, 3.05) is 5.32 Å². The van der Waals surface area contributed by atoms with Gasteiger partial charge in [-0.25, -0.2) is 9.67 Å². The Bertz CT molecular complexity index is 932. The lowest BCUT2D eigenvalue weighted by atomic mass is 10.0. The van der Waals surface area contributed by atoms with Crippen molar-refractivity contribution in [1.29, 1.82) is 0 Å². The fourth-order valence-corrected chi connectivity index (χ4v) is 2.59. The predicted molar refractivity (Wildman–Crippen MR) is 94.8 cm³/mol. The van der Waals surface area contributed by atoms with Crippen LogP contribution in [0.3, 0.4) is 0 Å². The first-order valence-corrected chi connectivity index (χ1v) is 8.25. The molecule has 0 fully saturated rings. The Labute approximate surface area is 153 Å². The first-order chi connectivity index (χ1) is 12.8. The Morgan fingerprint density at radius 1 is 1.11 bits per heavy atom. The van der Waals surface area contributed by atoms with Gasteiger partial charge in [0.15, 0.2) is 11.5 Å². The molecule has 3 rings (SSSR count). The predicted octanol–water partition coefficient (Wildman–Crippen LogP) is 4.66. The molecule has 0 aliphatic rings. The summed E-state index contributed by atoms with van der Waals surface area (Å²) in [5, 5.41) is 6.22. The summed E-state index contributed by atoms with van der Waals surface area (Å²) in [6.45, 7) is 4.05. The summed E-state index contributed by atoms with van der Waals surface area (Å²) < 4.78 is 41.4. The van der Waals surface area contributed by atoms with E-state index in [4.69, 9.17) is 0 Å². The highest BCUT2D eigenvalue weighted by Gasteiger charge is 2.40. The van der Waals surface area contributed by atoms with Gasteiger partial charge in [-0.1, -0.05) is 32.0 Å². The molecule has 0 atom stereocenters. The molecule has 0 saturated heterocycles. The number of hydrogen-bond donors (Lipinski definition) is 1. The zero-order valence-corrected chi connectivity index (χ0v) is 14.7. The Hall–Kier alpha value is -3.16. The fourth-order valence-electron chi connectivity index (χ4n) is 2.59. The van der Waals surface area contributed by atoms with Crippen LogP contribution in [0.2, 0.25) is 0 Å². The van der Waals surface area contributed by atoms with E-state index in [2.05, 4.69) is 15.4 Å². The van der Waals surface area contributed by atoms with Crippen LogP contribution in [0.5, 0.6) is 0 Å². The third kappa shape index (κ3) is 3.99. The van der Waals surface area contributed by atoms with E-state index in [1.54, 1.807) is 24.3 Å². The van der Waals surface area contributed by atoms with Gasteiger partial charge in [-0.3, -0.25) is 4.79 Å². The number of nitrogens with zero attached hydrogens (tertiary/aromatic N) is 3. The normalized spacial score (nSPS) is 11.6. The molecule has 27 heavy (non-hydrogen) atoms. The monoisotopic (exact) mass is 374 g/mol. The molecule has 2 heterocycles. The van der Waals surface area contributed by atoms with Crippen molar-refractivity contribution in [3.05, 3.63) is 71.7 Å². The summed E-state index contributed by atoms with van der Waals surface area (Å²) in [7, 11) is 0. The van der Waals surface area contributed by atoms with Crippen molar-refractivity contribution in [2.45, 2.75) is 25.9 Å². The zero-order valence-electron chi connectivity index (χ0n) is 14.7. The van der Waals surface area contributed by atoms with E-state index < -0.39 is 23.3 Å². The molecule has 0 spiro atoms. The van der Waals surface area contributed by atoms with Crippen molar-refractivity contribution in [3.63, 3.8) is 0 Å². The van der Waals surface area contributed by atoms with E-state index in [1.807, 2.05) is 26.0 Å². The van der Waals surface area contributed by atoms with Crippen molar-refractivity contribution in [2.24, 2.45) is 0 Å².